The van der Waals surface area contributed by atoms with Crippen LogP contribution < -0.4 is 10.2 Å². The van der Waals surface area contributed by atoms with E-state index in [1.807, 2.05) is 24.4 Å². The fourth-order valence-electron chi connectivity index (χ4n) is 2.67. The molecule has 0 unspecified atom stereocenters. The van der Waals surface area contributed by atoms with Crippen molar-refractivity contribution < 1.29 is 4.42 Å². The number of furan rings is 1. The van der Waals surface area contributed by atoms with Gasteiger partial charge in [-0.3, -0.25) is 0 Å². The highest BCUT2D eigenvalue weighted by Crippen LogP contribution is 2.30. The highest BCUT2D eigenvalue weighted by molar-refractivity contribution is 5.92. The van der Waals surface area contributed by atoms with Crippen molar-refractivity contribution in [1.29, 1.82) is 0 Å². The molecular formula is C15H16N4O. The third kappa shape index (κ3) is 1.87. The van der Waals surface area contributed by atoms with Gasteiger partial charge in [-0.25, -0.2) is 4.98 Å². The molecule has 2 aromatic heterocycles. The topological polar surface area (TPSA) is 57.1 Å². The first-order valence-corrected chi connectivity index (χ1v) is 6.89. The van der Waals surface area contributed by atoms with Gasteiger partial charge in [0, 0.05) is 37.1 Å². The van der Waals surface area contributed by atoms with Gasteiger partial charge in [-0.1, -0.05) is 18.2 Å². The molecule has 3 aromatic rings. The van der Waals surface area contributed by atoms with Crippen molar-refractivity contribution >= 4 is 16.9 Å². The lowest BCUT2D eigenvalue weighted by Crippen LogP contribution is -2.44. The number of aromatic nitrogens is 2. The molecule has 4 rings (SSSR count). The Labute approximate surface area is 116 Å². The van der Waals surface area contributed by atoms with E-state index < -0.39 is 0 Å². The van der Waals surface area contributed by atoms with Crippen molar-refractivity contribution in [2.45, 2.75) is 0 Å². The van der Waals surface area contributed by atoms with E-state index in [0.29, 0.717) is 0 Å². The van der Waals surface area contributed by atoms with E-state index in [1.165, 1.54) is 0 Å². The predicted molar refractivity (Wildman–Crippen MR) is 78.9 cm³/mol. The largest absolute Gasteiger partial charge is 0.464 e. The van der Waals surface area contributed by atoms with Crippen LogP contribution in [0.2, 0.25) is 0 Å². The van der Waals surface area contributed by atoms with Crippen LogP contribution in [-0.2, 0) is 0 Å². The van der Waals surface area contributed by atoms with Gasteiger partial charge in [-0.2, -0.15) is 0 Å². The Morgan fingerprint density at radius 3 is 2.90 bits per heavy atom. The van der Waals surface area contributed by atoms with Crippen molar-refractivity contribution in [1.82, 2.24) is 15.3 Å². The maximum atomic E-state index is 5.59. The molecule has 1 aliphatic heterocycles. The first-order chi connectivity index (χ1) is 9.92. The van der Waals surface area contributed by atoms with Crippen LogP contribution in [-0.4, -0.2) is 36.1 Å². The zero-order valence-electron chi connectivity index (χ0n) is 11.1. The SMILES string of the molecule is c1ccc2c(-c3cnc(N4CCNCC4)[nH]3)coc2c1. The number of fused-ring (bicyclic) bond motifs is 1. The lowest BCUT2D eigenvalue weighted by Gasteiger charge is -2.26. The predicted octanol–water partition coefficient (Wildman–Crippen LogP) is 2.23. The molecule has 1 fully saturated rings. The van der Waals surface area contributed by atoms with Crippen LogP contribution in [0.15, 0.2) is 41.1 Å². The highest BCUT2D eigenvalue weighted by atomic mass is 16.3. The van der Waals surface area contributed by atoms with Gasteiger partial charge in [-0.15, -0.1) is 0 Å². The number of benzene rings is 1. The molecule has 0 amide bonds. The Balaban J connectivity index is 1.70. The summed E-state index contributed by atoms with van der Waals surface area (Å²) in [5, 5.41) is 4.46. The Morgan fingerprint density at radius 1 is 1.15 bits per heavy atom. The Bertz CT molecular complexity index is 724. The molecule has 0 aliphatic carbocycles. The summed E-state index contributed by atoms with van der Waals surface area (Å²) in [6, 6.07) is 8.05. The minimum atomic E-state index is 0.904. The second kappa shape index (κ2) is 4.68. The first kappa shape index (κ1) is 11.5. The Kier molecular flexibility index (Phi) is 2.70. The number of nitrogens with zero attached hydrogens (tertiary/aromatic N) is 2. The zero-order valence-corrected chi connectivity index (χ0v) is 11.1. The molecule has 1 aliphatic rings. The molecule has 0 spiro atoms. The normalized spacial score (nSPS) is 15.9. The number of hydrogen-bond acceptors (Lipinski definition) is 4. The summed E-state index contributed by atoms with van der Waals surface area (Å²) in [6.07, 6.45) is 3.67. The fraction of sp³-hybridized carbons (Fsp3) is 0.267. The number of rotatable bonds is 2. The summed E-state index contributed by atoms with van der Waals surface area (Å²) in [5.74, 6) is 0.937. The van der Waals surface area contributed by atoms with Crippen molar-refractivity contribution in [3.05, 3.63) is 36.7 Å². The van der Waals surface area contributed by atoms with Crippen LogP contribution in [0.5, 0.6) is 0 Å². The van der Waals surface area contributed by atoms with Gasteiger partial charge in [0.2, 0.25) is 5.95 Å². The molecule has 0 bridgehead atoms. The molecular weight excluding hydrogens is 252 g/mol. The average Bonchev–Trinajstić information content (AvgIpc) is 3.14. The molecule has 20 heavy (non-hydrogen) atoms. The van der Waals surface area contributed by atoms with Gasteiger partial charge in [-0.05, 0) is 6.07 Å². The fourth-order valence-corrected chi connectivity index (χ4v) is 2.67. The van der Waals surface area contributed by atoms with E-state index in [-0.39, 0.29) is 0 Å². The number of anilines is 1. The molecule has 2 N–H and O–H groups in total. The lowest BCUT2D eigenvalue weighted by atomic mass is 10.1. The highest BCUT2D eigenvalue weighted by Gasteiger charge is 2.15. The molecule has 0 atom stereocenters. The average molecular weight is 268 g/mol. The molecule has 0 radical (unpaired) electrons. The van der Waals surface area contributed by atoms with E-state index in [0.717, 1.165) is 54.4 Å². The summed E-state index contributed by atoms with van der Waals surface area (Å²) >= 11 is 0. The van der Waals surface area contributed by atoms with Crippen molar-refractivity contribution in [2.24, 2.45) is 0 Å². The molecule has 1 aromatic carbocycles. The minimum absolute atomic E-state index is 0.904. The van der Waals surface area contributed by atoms with Gasteiger partial charge in [0.05, 0.1) is 11.9 Å². The number of nitrogens with one attached hydrogen (secondary N) is 2. The monoisotopic (exact) mass is 268 g/mol. The number of para-hydroxylation sites is 1. The van der Waals surface area contributed by atoms with Crippen LogP contribution in [0.4, 0.5) is 5.95 Å². The third-order valence-electron chi connectivity index (χ3n) is 3.75. The number of aromatic amines is 1. The Hall–Kier alpha value is -2.27. The number of hydrogen-bond donors (Lipinski definition) is 2. The number of piperazine rings is 1. The van der Waals surface area contributed by atoms with Gasteiger partial charge >= 0.3 is 0 Å². The maximum absolute atomic E-state index is 5.59. The number of imidazole rings is 1. The molecule has 1 saturated heterocycles. The second-order valence-corrected chi connectivity index (χ2v) is 5.00. The Morgan fingerprint density at radius 2 is 2.00 bits per heavy atom. The van der Waals surface area contributed by atoms with Crippen LogP contribution in [0.25, 0.3) is 22.2 Å². The van der Waals surface area contributed by atoms with Crippen molar-refractivity contribution in [2.75, 3.05) is 31.1 Å². The summed E-state index contributed by atoms with van der Waals surface area (Å²) in [7, 11) is 0. The van der Waals surface area contributed by atoms with E-state index in [1.54, 1.807) is 6.26 Å². The molecule has 5 heteroatoms. The van der Waals surface area contributed by atoms with Crippen molar-refractivity contribution in [3.63, 3.8) is 0 Å². The maximum Gasteiger partial charge on any atom is 0.203 e. The second-order valence-electron chi connectivity index (χ2n) is 5.00. The van der Waals surface area contributed by atoms with Gasteiger partial charge in [0.1, 0.15) is 11.8 Å². The van der Waals surface area contributed by atoms with Gasteiger partial charge in [0.25, 0.3) is 0 Å². The van der Waals surface area contributed by atoms with E-state index in [4.69, 9.17) is 4.42 Å². The summed E-state index contributed by atoms with van der Waals surface area (Å²) in [4.78, 5) is 10.2. The number of H-pyrrole nitrogens is 1. The quantitative estimate of drug-likeness (QED) is 0.748. The minimum Gasteiger partial charge on any atom is -0.464 e. The van der Waals surface area contributed by atoms with Crippen LogP contribution >= 0.6 is 0 Å². The summed E-state index contributed by atoms with van der Waals surface area (Å²) in [5.41, 5.74) is 2.97. The standard InChI is InChI=1S/C15H16N4O/c1-2-4-14-11(3-1)12(10-20-14)13-9-17-15(18-13)19-7-5-16-6-8-19/h1-4,9-10,16H,5-8H2,(H,17,18). The molecule has 0 saturated carbocycles. The first-order valence-electron chi connectivity index (χ1n) is 6.89. The molecule has 3 heterocycles. The van der Waals surface area contributed by atoms with Gasteiger partial charge in [0.15, 0.2) is 0 Å². The van der Waals surface area contributed by atoms with Crippen LogP contribution in [0.3, 0.4) is 0 Å². The van der Waals surface area contributed by atoms with Crippen molar-refractivity contribution in [3.8, 4) is 11.3 Å². The van der Waals surface area contributed by atoms with E-state index in [9.17, 15) is 0 Å². The smallest absolute Gasteiger partial charge is 0.203 e. The van der Waals surface area contributed by atoms with Crippen LogP contribution in [0, 0.1) is 0 Å². The lowest BCUT2D eigenvalue weighted by molar-refractivity contribution is 0.581. The zero-order chi connectivity index (χ0) is 13.4. The summed E-state index contributed by atoms with van der Waals surface area (Å²) in [6.45, 7) is 3.98. The van der Waals surface area contributed by atoms with Crippen LogP contribution in [0.1, 0.15) is 0 Å². The summed E-state index contributed by atoms with van der Waals surface area (Å²) < 4.78 is 5.59. The van der Waals surface area contributed by atoms with E-state index in [2.05, 4.69) is 26.3 Å². The van der Waals surface area contributed by atoms with E-state index >= 15 is 0 Å². The molecule has 5 nitrogen and oxygen atoms in total. The third-order valence-corrected chi connectivity index (χ3v) is 3.75. The molecule has 102 valence electrons. The van der Waals surface area contributed by atoms with Gasteiger partial charge < -0.3 is 19.6 Å².